The molecule has 0 bridgehead atoms. The van der Waals surface area contributed by atoms with Crippen molar-refractivity contribution in [2.45, 2.75) is 19.1 Å². The molecule has 38 heavy (non-hydrogen) atoms. The first-order chi connectivity index (χ1) is 18.4. The molecule has 0 aromatic heterocycles. The van der Waals surface area contributed by atoms with Crippen molar-refractivity contribution in [1.82, 2.24) is 5.32 Å². The van der Waals surface area contributed by atoms with Crippen LogP contribution in [-0.2, 0) is 27.4 Å². The number of amides is 2. The fraction of sp³-hybridized carbons (Fsp3) is 0.133. The van der Waals surface area contributed by atoms with Crippen LogP contribution in [0.25, 0.3) is 0 Å². The van der Waals surface area contributed by atoms with E-state index in [4.69, 9.17) is 9.47 Å². The van der Waals surface area contributed by atoms with Crippen LogP contribution in [-0.4, -0.2) is 24.5 Å². The van der Waals surface area contributed by atoms with Crippen molar-refractivity contribution in [3.05, 3.63) is 125 Å². The first-order valence-electron chi connectivity index (χ1n) is 11.9. The number of nitrogens with one attached hydrogen (secondary N) is 2. The molecule has 0 heterocycles. The lowest BCUT2D eigenvalue weighted by Gasteiger charge is -2.19. The highest BCUT2D eigenvalue weighted by molar-refractivity contribution is 9.10. The van der Waals surface area contributed by atoms with Gasteiger partial charge in [-0.05, 0) is 71.8 Å². The molecule has 6 nitrogen and oxygen atoms in total. The fourth-order valence-corrected chi connectivity index (χ4v) is 4.05. The van der Waals surface area contributed by atoms with Crippen LogP contribution in [0.1, 0.15) is 11.1 Å². The molecule has 8 heteroatoms. The van der Waals surface area contributed by atoms with Crippen LogP contribution in [0.2, 0.25) is 0 Å². The van der Waals surface area contributed by atoms with Gasteiger partial charge in [0.2, 0.25) is 11.8 Å². The van der Waals surface area contributed by atoms with E-state index in [1.165, 1.54) is 24.3 Å². The first kappa shape index (κ1) is 27.0. The Bertz CT molecular complexity index is 1350. The molecule has 0 saturated carbocycles. The van der Waals surface area contributed by atoms with Crippen LogP contribution >= 0.6 is 15.9 Å². The van der Waals surface area contributed by atoms with Crippen LogP contribution in [0.15, 0.2) is 108 Å². The summed E-state index contributed by atoms with van der Waals surface area (Å²) in [7, 11) is 0. The molecule has 194 valence electrons. The number of ether oxygens (including phenoxy) is 2. The summed E-state index contributed by atoms with van der Waals surface area (Å²) in [6.45, 7) is 0.304. The molecule has 0 fully saturated rings. The third-order valence-electron chi connectivity index (χ3n) is 5.47. The molecule has 0 radical (unpaired) electrons. The third-order valence-corrected chi connectivity index (χ3v) is 5.97. The largest absolute Gasteiger partial charge is 0.457 e. The Labute approximate surface area is 228 Å². The second-order valence-electron chi connectivity index (χ2n) is 8.50. The number of halogens is 2. The number of carbonyl (C=O) groups excluding carboxylic acids is 2. The molecule has 0 spiro atoms. The number of benzene rings is 4. The van der Waals surface area contributed by atoms with E-state index < -0.39 is 11.9 Å². The van der Waals surface area contributed by atoms with E-state index in [0.717, 1.165) is 15.6 Å². The van der Waals surface area contributed by atoms with E-state index in [1.54, 1.807) is 24.3 Å². The van der Waals surface area contributed by atoms with E-state index in [9.17, 15) is 14.0 Å². The minimum absolute atomic E-state index is 0.00326. The highest BCUT2D eigenvalue weighted by atomic mass is 79.9. The second-order valence-corrected chi connectivity index (χ2v) is 9.41. The standard InChI is InChI=1S/C30H26BrFN2O4/c31-23-8-4-7-22(17-23)18-29(35)34-28(20-37-19-21-5-2-1-3-6-21)30(36)33-25-11-15-27(16-12-25)38-26-13-9-24(32)10-14-26/h1-17,28H,18-20H2,(H,33,36)(H,34,35)/t28-/m0/s1. The summed E-state index contributed by atoms with van der Waals surface area (Å²) in [6.07, 6.45) is 0.122. The van der Waals surface area contributed by atoms with Crippen LogP contribution in [0.5, 0.6) is 11.5 Å². The van der Waals surface area contributed by atoms with Gasteiger partial charge in [-0.15, -0.1) is 0 Å². The average molecular weight is 577 g/mol. The summed E-state index contributed by atoms with van der Waals surface area (Å²) < 4.78 is 25.4. The van der Waals surface area contributed by atoms with Crippen molar-refractivity contribution in [2.24, 2.45) is 0 Å². The fourth-order valence-electron chi connectivity index (χ4n) is 3.60. The molecule has 4 aromatic carbocycles. The van der Waals surface area contributed by atoms with Crippen LogP contribution in [0, 0.1) is 5.82 Å². The molecular formula is C30H26BrFN2O4. The molecule has 0 aliphatic rings. The maximum absolute atomic E-state index is 13.1. The van der Waals surface area contributed by atoms with Gasteiger partial charge in [0, 0.05) is 10.2 Å². The van der Waals surface area contributed by atoms with E-state index in [0.29, 0.717) is 23.8 Å². The van der Waals surface area contributed by atoms with E-state index in [-0.39, 0.29) is 24.8 Å². The van der Waals surface area contributed by atoms with Crippen molar-refractivity contribution in [1.29, 1.82) is 0 Å². The maximum Gasteiger partial charge on any atom is 0.249 e. The second kappa shape index (κ2) is 13.5. The summed E-state index contributed by atoms with van der Waals surface area (Å²) in [5.41, 5.74) is 2.30. The Morgan fingerprint density at radius 2 is 1.47 bits per heavy atom. The molecule has 0 aliphatic carbocycles. The minimum atomic E-state index is -0.909. The molecule has 4 rings (SSSR count). The number of hydrogen-bond donors (Lipinski definition) is 2. The van der Waals surface area contributed by atoms with Crippen molar-refractivity contribution in [2.75, 3.05) is 11.9 Å². The zero-order chi connectivity index (χ0) is 26.7. The van der Waals surface area contributed by atoms with Gasteiger partial charge in [-0.1, -0.05) is 58.4 Å². The van der Waals surface area contributed by atoms with E-state index in [1.807, 2.05) is 54.6 Å². The predicted molar refractivity (Wildman–Crippen MR) is 147 cm³/mol. The molecule has 4 aromatic rings. The zero-order valence-electron chi connectivity index (χ0n) is 20.4. The van der Waals surface area contributed by atoms with Gasteiger partial charge in [0.05, 0.1) is 19.6 Å². The summed E-state index contributed by atoms with van der Waals surface area (Å²) in [5, 5.41) is 5.61. The van der Waals surface area contributed by atoms with Crippen LogP contribution < -0.4 is 15.4 Å². The zero-order valence-corrected chi connectivity index (χ0v) is 22.0. The number of carbonyl (C=O) groups is 2. The van der Waals surface area contributed by atoms with Crippen molar-refractivity contribution < 1.29 is 23.5 Å². The molecule has 0 aliphatic heterocycles. The van der Waals surface area contributed by atoms with E-state index >= 15 is 0 Å². The number of rotatable bonds is 11. The molecule has 0 unspecified atom stereocenters. The summed E-state index contributed by atoms with van der Waals surface area (Å²) in [6, 6.07) is 28.5. The number of anilines is 1. The van der Waals surface area contributed by atoms with Gasteiger partial charge in [-0.3, -0.25) is 9.59 Å². The van der Waals surface area contributed by atoms with Gasteiger partial charge in [0.25, 0.3) is 0 Å². The summed E-state index contributed by atoms with van der Waals surface area (Å²) in [4.78, 5) is 25.9. The van der Waals surface area contributed by atoms with Gasteiger partial charge in [0.15, 0.2) is 0 Å². The summed E-state index contributed by atoms with van der Waals surface area (Å²) in [5.74, 6) is -0.0319. The van der Waals surface area contributed by atoms with E-state index in [2.05, 4.69) is 26.6 Å². The molecule has 2 amide bonds. The lowest BCUT2D eigenvalue weighted by molar-refractivity contribution is -0.127. The highest BCUT2D eigenvalue weighted by Gasteiger charge is 2.22. The Morgan fingerprint density at radius 3 is 2.16 bits per heavy atom. The van der Waals surface area contributed by atoms with Crippen LogP contribution in [0.3, 0.4) is 0 Å². The Morgan fingerprint density at radius 1 is 0.816 bits per heavy atom. The van der Waals surface area contributed by atoms with Crippen molar-refractivity contribution in [3.63, 3.8) is 0 Å². The monoisotopic (exact) mass is 576 g/mol. The maximum atomic E-state index is 13.1. The SMILES string of the molecule is O=C(Cc1cccc(Br)c1)N[C@@H](COCc1ccccc1)C(=O)Nc1ccc(Oc2ccc(F)cc2)cc1. The quantitative estimate of drug-likeness (QED) is 0.221. The average Bonchev–Trinajstić information content (AvgIpc) is 2.91. The van der Waals surface area contributed by atoms with Gasteiger partial charge in [0.1, 0.15) is 23.4 Å². The molecule has 2 N–H and O–H groups in total. The van der Waals surface area contributed by atoms with Gasteiger partial charge in [-0.2, -0.15) is 0 Å². The van der Waals surface area contributed by atoms with Gasteiger partial charge >= 0.3 is 0 Å². The normalized spacial score (nSPS) is 11.4. The Hall–Kier alpha value is -4.01. The lowest BCUT2D eigenvalue weighted by Crippen LogP contribution is -2.47. The molecule has 0 saturated heterocycles. The van der Waals surface area contributed by atoms with Gasteiger partial charge in [-0.25, -0.2) is 4.39 Å². The smallest absolute Gasteiger partial charge is 0.249 e. The van der Waals surface area contributed by atoms with Crippen molar-refractivity contribution >= 4 is 33.4 Å². The van der Waals surface area contributed by atoms with Gasteiger partial charge < -0.3 is 20.1 Å². The topological polar surface area (TPSA) is 76.7 Å². The first-order valence-corrected chi connectivity index (χ1v) is 12.7. The van der Waals surface area contributed by atoms with Crippen LogP contribution in [0.4, 0.5) is 10.1 Å². The predicted octanol–water partition coefficient (Wildman–Crippen LogP) is 6.26. The highest BCUT2D eigenvalue weighted by Crippen LogP contribution is 2.23. The summed E-state index contributed by atoms with van der Waals surface area (Å²) >= 11 is 3.41. The minimum Gasteiger partial charge on any atom is -0.457 e. The lowest BCUT2D eigenvalue weighted by atomic mass is 10.1. The third kappa shape index (κ3) is 8.54. The Kier molecular flexibility index (Phi) is 9.61. The number of hydrogen-bond acceptors (Lipinski definition) is 4. The molecular weight excluding hydrogens is 551 g/mol. The Balaban J connectivity index is 1.38. The van der Waals surface area contributed by atoms with Crippen molar-refractivity contribution in [3.8, 4) is 11.5 Å². The molecule has 1 atom stereocenters.